The van der Waals surface area contributed by atoms with Crippen LogP contribution in [-0.4, -0.2) is 6.29 Å². The molecule has 0 aliphatic rings. The highest BCUT2D eigenvalue weighted by atomic mass is 79.9. The minimum atomic E-state index is -0.299. The van der Waals surface area contributed by atoms with Crippen molar-refractivity contribution in [3.63, 3.8) is 0 Å². The van der Waals surface area contributed by atoms with Crippen molar-refractivity contribution < 1.29 is 9.18 Å². The van der Waals surface area contributed by atoms with E-state index in [4.69, 9.17) is 0 Å². The van der Waals surface area contributed by atoms with Crippen molar-refractivity contribution in [2.45, 2.75) is 0 Å². The highest BCUT2D eigenvalue weighted by molar-refractivity contribution is 9.10. The lowest BCUT2D eigenvalue weighted by molar-refractivity contribution is 0.112. The first-order valence-corrected chi connectivity index (χ1v) is 5.16. The van der Waals surface area contributed by atoms with Crippen LogP contribution < -0.4 is 0 Å². The van der Waals surface area contributed by atoms with Crippen LogP contribution in [0.2, 0.25) is 0 Å². The molecule has 66 valence electrons. The van der Waals surface area contributed by atoms with Gasteiger partial charge in [-0.3, -0.25) is 4.79 Å². The van der Waals surface area contributed by atoms with E-state index < -0.39 is 0 Å². The topological polar surface area (TPSA) is 17.1 Å². The molecule has 0 spiro atoms. The average molecular weight is 259 g/mol. The minimum absolute atomic E-state index is 0.299. The van der Waals surface area contributed by atoms with Gasteiger partial charge in [0.05, 0.1) is 14.0 Å². The molecule has 0 aliphatic heterocycles. The largest absolute Gasteiger partial charge is 0.297 e. The quantitative estimate of drug-likeness (QED) is 0.715. The van der Waals surface area contributed by atoms with Crippen LogP contribution in [0, 0.1) is 5.82 Å². The summed E-state index contributed by atoms with van der Waals surface area (Å²) in [5.74, 6) is -0.299. The molecule has 0 N–H and O–H groups in total. The Hall–Kier alpha value is -0.740. The molecule has 1 nitrogen and oxygen atoms in total. The molecule has 0 aliphatic carbocycles. The van der Waals surface area contributed by atoms with Gasteiger partial charge in [-0.2, -0.15) is 0 Å². The molecule has 2 rings (SSSR count). The number of fused-ring (bicyclic) bond motifs is 1. The molecule has 0 unspecified atom stereocenters. The molecular weight excluding hydrogens is 255 g/mol. The molecule has 2 aromatic rings. The molecule has 0 saturated heterocycles. The number of aldehydes is 1. The summed E-state index contributed by atoms with van der Waals surface area (Å²) in [5, 5.41) is 0.889. The van der Waals surface area contributed by atoms with Crippen molar-refractivity contribution >= 4 is 43.6 Å². The number of carbonyl (C=O) groups is 1. The number of hydrogen-bond acceptors (Lipinski definition) is 2. The Bertz CT molecular complexity index is 478. The van der Waals surface area contributed by atoms with Crippen LogP contribution in [0.25, 0.3) is 10.1 Å². The Labute approximate surface area is 86.3 Å². The second-order valence-electron chi connectivity index (χ2n) is 2.55. The van der Waals surface area contributed by atoms with E-state index >= 15 is 0 Å². The summed E-state index contributed by atoms with van der Waals surface area (Å²) in [5.41, 5.74) is 0. The van der Waals surface area contributed by atoms with Gasteiger partial charge >= 0.3 is 0 Å². The number of rotatable bonds is 1. The van der Waals surface area contributed by atoms with Gasteiger partial charge in [-0.25, -0.2) is 4.39 Å². The lowest BCUT2D eigenvalue weighted by atomic mass is 10.2. The zero-order chi connectivity index (χ0) is 9.42. The van der Waals surface area contributed by atoms with Gasteiger partial charge in [-0.05, 0) is 33.4 Å². The van der Waals surface area contributed by atoms with Crippen LogP contribution in [0.4, 0.5) is 4.39 Å². The van der Waals surface area contributed by atoms with E-state index in [-0.39, 0.29) is 5.82 Å². The minimum Gasteiger partial charge on any atom is -0.297 e. The molecular formula is C9H4BrFOS. The third-order valence-electron chi connectivity index (χ3n) is 1.71. The molecule has 0 saturated carbocycles. The van der Waals surface area contributed by atoms with E-state index in [2.05, 4.69) is 15.9 Å². The fraction of sp³-hybridized carbons (Fsp3) is 0. The molecule has 0 amide bonds. The van der Waals surface area contributed by atoms with Crippen molar-refractivity contribution in [1.29, 1.82) is 0 Å². The van der Waals surface area contributed by atoms with Gasteiger partial charge in [0.1, 0.15) is 5.82 Å². The third-order valence-corrected chi connectivity index (χ3v) is 3.85. The van der Waals surface area contributed by atoms with Crippen LogP contribution >= 0.6 is 27.3 Å². The monoisotopic (exact) mass is 258 g/mol. The first kappa shape index (κ1) is 8.84. The van der Waals surface area contributed by atoms with Gasteiger partial charge in [0.15, 0.2) is 6.29 Å². The predicted octanol–water partition coefficient (Wildman–Crippen LogP) is 3.62. The number of hydrogen-bond donors (Lipinski definition) is 0. The lowest BCUT2D eigenvalue weighted by Crippen LogP contribution is -1.74. The van der Waals surface area contributed by atoms with Crippen molar-refractivity contribution in [1.82, 2.24) is 0 Å². The van der Waals surface area contributed by atoms with Crippen LogP contribution in [0.5, 0.6) is 0 Å². The smallest absolute Gasteiger partial charge is 0.160 e. The SMILES string of the molecule is O=Cc1cc2ccc(F)c(Br)c2s1. The fourth-order valence-electron chi connectivity index (χ4n) is 1.12. The van der Waals surface area contributed by atoms with Crippen LogP contribution in [0.1, 0.15) is 9.67 Å². The maximum Gasteiger partial charge on any atom is 0.160 e. The summed E-state index contributed by atoms with van der Waals surface area (Å²) in [7, 11) is 0. The van der Waals surface area contributed by atoms with E-state index in [1.165, 1.54) is 17.4 Å². The predicted molar refractivity (Wildman–Crippen MR) is 54.9 cm³/mol. The summed E-state index contributed by atoms with van der Waals surface area (Å²) >= 11 is 4.43. The number of benzene rings is 1. The summed E-state index contributed by atoms with van der Waals surface area (Å²) in [4.78, 5) is 11.1. The van der Waals surface area contributed by atoms with E-state index in [1.54, 1.807) is 12.1 Å². The Morgan fingerprint density at radius 3 is 2.92 bits per heavy atom. The van der Waals surface area contributed by atoms with Gasteiger partial charge in [0, 0.05) is 0 Å². The van der Waals surface area contributed by atoms with Gasteiger partial charge in [-0.15, -0.1) is 11.3 Å². The van der Waals surface area contributed by atoms with E-state index in [9.17, 15) is 9.18 Å². The number of thiophene rings is 1. The zero-order valence-corrected chi connectivity index (χ0v) is 8.78. The molecule has 0 radical (unpaired) electrons. The third kappa shape index (κ3) is 1.40. The van der Waals surface area contributed by atoms with E-state index in [1.807, 2.05) is 0 Å². The maximum atomic E-state index is 13.0. The first-order chi connectivity index (χ1) is 6.22. The van der Waals surface area contributed by atoms with Gasteiger partial charge < -0.3 is 0 Å². The molecule has 0 fully saturated rings. The van der Waals surface area contributed by atoms with Gasteiger partial charge in [0.25, 0.3) is 0 Å². The molecule has 0 bridgehead atoms. The highest BCUT2D eigenvalue weighted by Crippen LogP contribution is 2.33. The zero-order valence-electron chi connectivity index (χ0n) is 6.38. The molecule has 4 heteroatoms. The van der Waals surface area contributed by atoms with E-state index in [0.29, 0.717) is 9.35 Å². The Morgan fingerprint density at radius 1 is 1.46 bits per heavy atom. The molecule has 0 atom stereocenters. The summed E-state index contributed by atoms with van der Waals surface area (Å²) in [6.45, 7) is 0. The highest BCUT2D eigenvalue weighted by Gasteiger charge is 2.07. The molecule has 1 aromatic heterocycles. The van der Waals surface area contributed by atoms with Crippen LogP contribution in [0.15, 0.2) is 22.7 Å². The average Bonchev–Trinajstić information content (AvgIpc) is 2.55. The molecule has 1 aromatic carbocycles. The summed E-state index contributed by atoms with van der Waals surface area (Å²) < 4.78 is 14.2. The number of halogens is 2. The Kier molecular flexibility index (Phi) is 2.17. The van der Waals surface area contributed by atoms with E-state index in [0.717, 1.165) is 16.4 Å². The normalized spacial score (nSPS) is 10.6. The first-order valence-electron chi connectivity index (χ1n) is 3.55. The van der Waals surface area contributed by atoms with Crippen molar-refractivity contribution in [3.8, 4) is 0 Å². The lowest BCUT2D eigenvalue weighted by Gasteiger charge is -1.93. The standard InChI is InChI=1S/C9H4BrFOS/c10-8-7(11)2-1-5-3-6(4-12)13-9(5)8/h1-4H. The summed E-state index contributed by atoms with van der Waals surface area (Å²) in [6.07, 6.45) is 0.773. The molecule has 1 heterocycles. The fourth-order valence-corrected chi connectivity index (χ4v) is 2.63. The van der Waals surface area contributed by atoms with Crippen LogP contribution in [-0.2, 0) is 0 Å². The maximum absolute atomic E-state index is 13.0. The van der Waals surface area contributed by atoms with Gasteiger partial charge in [0.2, 0.25) is 0 Å². The van der Waals surface area contributed by atoms with Crippen molar-refractivity contribution in [2.24, 2.45) is 0 Å². The number of carbonyl (C=O) groups excluding carboxylic acids is 1. The van der Waals surface area contributed by atoms with Crippen LogP contribution in [0.3, 0.4) is 0 Å². The Balaban J connectivity index is 2.83. The summed E-state index contributed by atoms with van der Waals surface area (Å²) in [6, 6.07) is 4.80. The van der Waals surface area contributed by atoms with Gasteiger partial charge in [-0.1, -0.05) is 6.07 Å². The van der Waals surface area contributed by atoms with Crippen molar-refractivity contribution in [2.75, 3.05) is 0 Å². The second kappa shape index (κ2) is 3.20. The van der Waals surface area contributed by atoms with Crippen molar-refractivity contribution in [3.05, 3.63) is 33.4 Å². The Morgan fingerprint density at radius 2 is 2.23 bits per heavy atom. The second-order valence-corrected chi connectivity index (χ2v) is 4.42. The molecule has 13 heavy (non-hydrogen) atoms.